The second kappa shape index (κ2) is 8.71. The third-order valence-corrected chi connectivity index (χ3v) is 4.38. The van der Waals surface area contributed by atoms with E-state index in [0.717, 1.165) is 11.1 Å². The number of rotatable bonds is 7. The maximum Gasteiger partial charge on any atom is 0.244 e. The summed E-state index contributed by atoms with van der Waals surface area (Å²) in [6.45, 7) is 1.82. The first-order valence-electron chi connectivity index (χ1n) is 8.55. The van der Waals surface area contributed by atoms with Gasteiger partial charge in [-0.25, -0.2) is 0 Å². The van der Waals surface area contributed by atoms with Gasteiger partial charge in [0.15, 0.2) is 0 Å². The van der Waals surface area contributed by atoms with Gasteiger partial charge in [0.05, 0.1) is 20.3 Å². The number of halogens is 1. The minimum absolute atomic E-state index is 0.0522. The van der Waals surface area contributed by atoms with Crippen molar-refractivity contribution in [2.45, 2.75) is 19.5 Å². The van der Waals surface area contributed by atoms with Gasteiger partial charge in [-0.05, 0) is 48.5 Å². The maximum absolute atomic E-state index is 12.4. The van der Waals surface area contributed by atoms with Crippen molar-refractivity contribution in [2.24, 2.45) is 0 Å². The number of carbonyl (C=O) groups excluding carboxylic acids is 1. The Morgan fingerprint density at radius 2 is 1.93 bits per heavy atom. The van der Waals surface area contributed by atoms with Crippen molar-refractivity contribution in [3.63, 3.8) is 0 Å². The van der Waals surface area contributed by atoms with Crippen molar-refractivity contribution >= 4 is 17.5 Å². The number of hydrogen-bond acceptors (Lipinski definition) is 6. The lowest BCUT2D eigenvalue weighted by atomic mass is 10.1. The van der Waals surface area contributed by atoms with Gasteiger partial charge in [-0.1, -0.05) is 11.6 Å². The van der Waals surface area contributed by atoms with Crippen LogP contribution in [0.15, 0.2) is 42.5 Å². The fourth-order valence-electron chi connectivity index (χ4n) is 2.69. The third-order valence-electron chi connectivity index (χ3n) is 4.12. The van der Waals surface area contributed by atoms with E-state index in [0.29, 0.717) is 22.3 Å². The molecule has 3 rings (SSSR count). The van der Waals surface area contributed by atoms with Crippen molar-refractivity contribution in [1.82, 2.24) is 25.5 Å². The molecule has 0 radical (unpaired) electrons. The van der Waals surface area contributed by atoms with Gasteiger partial charge in [0.2, 0.25) is 11.7 Å². The summed E-state index contributed by atoms with van der Waals surface area (Å²) in [6, 6.07) is 12.3. The molecular formula is C19H20ClN5O3. The van der Waals surface area contributed by atoms with Crippen molar-refractivity contribution in [2.75, 3.05) is 14.2 Å². The average molecular weight is 402 g/mol. The fraction of sp³-hybridized carbons (Fsp3) is 0.263. The summed E-state index contributed by atoms with van der Waals surface area (Å²) in [6.07, 6.45) is 0. The molecule has 8 nitrogen and oxygen atoms in total. The van der Waals surface area contributed by atoms with Gasteiger partial charge >= 0.3 is 0 Å². The summed E-state index contributed by atoms with van der Waals surface area (Å²) in [7, 11) is 3.16. The Balaban J connectivity index is 1.65. The minimum atomic E-state index is -0.271. The molecule has 9 heteroatoms. The Morgan fingerprint density at radius 1 is 1.18 bits per heavy atom. The average Bonchev–Trinajstić information content (AvgIpc) is 3.16. The number of nitrogens with one attached hydrogen (secondary N) is 1. The smallest absolute Gasteiger partial charge is 0.244 e. The van der Waals surface area contributed by atoms with E-state index in [4.69, 9.17) is 21.1 Å². The number of benzene rings is 2. The highest BCUT2D eigenvalue weighted by atomic mass is 35.5. The van der Waals surface area contributed by atoms with E-state index in [1.54, 1.807) is 44.6 Å². The van der Waals surface area contributed by atoms with Crippen LogP contribution in [-0.4, -0.2) is 40.3 Å². The van der Waals surface area contributed by atoms with Gasteiger partial charge < -0.3 is 14.8 Å². The summed E-state index contributed by atoms with van der Waals surface area (Å²) >= 11 is 5.88. The Bertz CT molecular complexity index is 958. The number of tetrazole rings is 1. The number of hydrogen-bond donors (Lipinski definition) is 1. The molecule has 1 aromatic heterocycles. The van der Waals surface area contributed by atoms with Crippen LogP contribution in [0.4, 0.5) is 0 Å². The molecular weight excluding hydrogens is 382 g/mol. The highest BCUT2D eigenvalue weighted by molar-refractivity contribution is 6.30. The van der Waals surface area contributed by atoms with Crippen molar-refractivity contribution in [3.8, 4) is 22.9 Å². The lowest BCUT2D eigenvalue weighted by Gasteiger charge is -2.17. The number of aromatic nitrogens is 4. The normalized spacial score (nSPS) is 11.7. The predicted molar refractivity (Wildman–Crippen MR) is 104 cm³/mol. The third kappa shape index (κ3) is 4.58. The molecule has 0 spiro atoms. The topological polar surface area (TPSA) is 91.2 Å². The molecule has 0 fully saturated rings. The van der Waals surface area contributed by atoms with Crippen LogP contribution in [-0.2, 0) is 11.3 Å². The van der Waals surface area contributed by atoms with Gasteiger partial charge in [-0.2, -0.15) is 4.80 Å². The van der Waals surface area contributed by atoms with E-state index in [1.165, 1.54) is 4.80 Å². The van der Waals surface area contributed by atoms with Crippen LogP contribution in [0.1, 0.15) is 18.5 Å². The van der Waals surface area contributed by atoms with E-state index in [2.05, 4.69) is 20.7 Å². The second-order valence-corrected chi connectivity index (χ2v) is 6.48. The molecule has 1 N–H and O–H groups in total. The minimum Gasteiger partial charge on any atom is -0.497 e. The Labute approximate surface area is 167 Å². The maximum atomic E-state index is 12.4. The van der Waals surface area contributed by atoms with E-state index in [9.17, 15) is 4.79 Å². The lowest BCUT2D eigenvalue weighted by Crippen LogP contribution is -2.31. The molecule has 0 bridgehead atoms. The highest BCUT2D eigenvalue weighted by Gasteiger charge is 2.16. The number of nitrogens with zero attached hydrogens (tertiary/aromatic N) is 4. The SMILES string of the molecule is COc1ccc(C(C)NC(=O)Cn2nnc(-c3ccc(Cl)cc3)n2)c(OC)c1. The molecule has 0 saturated heterocycles. The van der Waals surface area contributed by atoms with E-state index in [1.807, 2.05) is 19.1 Å². The molecule has 0 aliphatic rings. The van der Waals surface area contributed by atoms with Crippen LogP contribution in [0.25, 0.3) is 11.4 Å². The summed E-state index contributed by atoms with van der Waals surface area (Å²) in [5.74, 6) is 1.50. The first kappa shape index (κ1) is 19.6. The number of amides is 1. The second-order valence-electron chi connectivity index (χ2n) is 6.05. The molecule has 0 saturated carbocycles. The standard InChI is InChI=1S/C19H20ClN5O3/c1-12(16-9-8-15(27-2)10-17(16)28-3)21-18(26)11-25-23-19(22-24-25)13-4-6-14(20)7-5-13/h4-10,12H,11H2,1-3H3,(H,21,26). The van der Waals surface area contributed by atoms with Crippen LogP contribution >= 0.6 is 11.6 Å². The molecule has 1 amide bonds. The van der Waals surface area contributed by atoms with Crippen LogP contribution in [0.5, 0.6) is 11.5 Å². The molecule has 2 aromatic carbocycles. The summed E-state index contributed by atoms with van der Waals surface area (Å²) in [5.41, 5.74) is 1.61. The Morgan fingerprint density at radius 3 is 2.61 bits per heavy atom. The monoisotopic (exact) mass is 401 g/mol. The molecule has 0 aliphatic carbocycles. The molecule has 0 aliphatic heterocycles. The zero-order valence-electron chi connectivity index (χ0n) is 15.7. The molecule has 3 aromatic rings. The van der Waals surface area contributed by atoms with Crippen LogP contribution in [0.2, 0.25) is 5.02 Å². The van der Waals surface area contributed by atoms with Crippen molar-refractivity contribution in [1.29, 1.82) is 0 Å². The quantitative estimate of drug-likeness (QED) is 0.654. The summed E-state index contributed by atoms with van der Waals surface area (Å²) < 4.78 is 10.6. The molecule has 1 unspecified atom stereocenters. The van der Waals surface area contributed by atoms with E-state index in [-0.39, 0.29) is 18.5 Å². The number of methoxy groups -OCH3 is 2. The molecule has 146 valence electrons. The Hall–Kier alpha value is -3.13. The van der Waals surface area contributed by atoms with Gasteiger partial charge in [0.1, 0.15) is 18.0 Å². The fourth-order valence-corrected chi connectivity index (χ4v) is 2.82. The largest absolute Gasteiger partial charge is 0.497 e. The van der Waals surface area contributed by atoms with Crippen molar-refractivity contribution < 1.29 is 14.3 Å². The van der Waals surface area contributed by atoms with E-state index >= 15 is 0 Å². The highest BCUT2D eigenvalue weighted by Crippen LogP contribution is 2.29. The zero-order chi connectivity index (χ0) is 20.1. The molecule has 1 atom stereocenters. The van der Waals surface area contributed by atoms with Crippen LogP contribution < -0.4 is 14.8 Å². The van der Waals surface area contributed by atoms with Gasteiger partial charge in [-0.15, -0.1) is 10.2 Å². The Kier molecular flexibility index (Phi) is 6.10. The van der Waals surface area contributed by atoms with Gasteiger partial charge in [0, 0.05) is 22.2 Å². The first-order valence-corrected chi connectivity index (χ1v) is 8.93. The van der Waals surface area contributed by atoms with Crippen molar-refractivity contribution in [3.05, 3.63) is 53.1 Å². The lowest BCUT2D eigenvalue weighted by molar-refractivity contribution is -0.122. The number of carbonyl (C=O) groups is 1. The zero-order valence-corrected chi connectivity index (χ0v) is 16.5. The van der Waals surface area contributed by atoms with Gasteiger partial charge in [0.25, 0.3) is 0 Å². The predicted octanol–water partition coefficient (Wildman–Crippen LogP) is 2.89. The summed E-state index contributed by atoms with van der Waals surface area (Å²) in [4.78, 5) is 13.6. The van der Waals surface area contributed by atoms with Crippen LogP contribution in [0, 0.1) is 0 Å². The van der Waals surface area contributed by atoms with Crippen LogP contribution in [0.3, 0.4) is 0 Å². The number of ether oxygens (including phenoxy) is 2. The summed E-state index contributed by atoms with van der Waals surface area (Å²) in [5, 5.41) is 15.7. The van der Waals surface area contributed by atoms with Gasteiger partial charge in [-0.3, -0.25) is 4.79 Å². The first-order chi connectivity index (χ1) is 13.5. The van der Waals surface area contributed by atoms with E-state index < -0.39 is 0 Å². The molecule has 1 heterocycles. The molecule has 28 heavy (non-hydrogen) atoms.